The molecule has 0 aliphatic rings. The zero-order valence-electron chi connectivity index (χ0n) is 13.8. The molecule has 1 amide bonds. The fourth-order valence-electron chi connectivity index (χ4n) is 2.11. The molecule has 0 radical (unpaired) electrons. The van der Waals surface area contributed by atoms with Gasteiger partial charge in [-0.25, -0.2) is 9.78 Å². The molecule has 2 aromatic heterocycles. The number of nitrogens with zero attached hydrogens (tertiary/aromatic N) is 2. The van der Waals surface area contributed by atoms with Gasteiger partial charge in [-0.2, -0.15) is 4.73 Å². The zero-order valence-corrected chi connectivity index (χ0v) is 14.7. The molecule has 8 heteroatoms. The average molecular weight is 369 g/mol. The fraction of sp³-hybridized carbons (Fsp3) is 0.111. The van der Waals surface area contributed by atoms with Crippen LogP contribution in [0.15, 0.2) is 54.2 Å². The van der Waals surface area contributed by atoms with Gasteiger partial charge in [-0.3, -0.25) is 10.1 Å². The van der Waals surface area contributed by atoms with Gasteiger partial charge in [0, 0.05) is 23.1 Å². The quantitative estimate of drug-likeness (QED) is 0.424. The van der Waals surface area contributed by atoms with Gasteiger partial charge in [0.1, 0.15) is 0 Å². The highest BCUT2D eigenvalue weighted by Gasteiger charge is 2.13. The van der Waals surface area contributed by atoms with Gasteiger partial charge in [0.2, 0.25) is 0 Å². The van der Waals surface area contributed by atoms with E-state index in [9.17, 15) is 14.8 Å². The number of esters is 1. The SMILES string of the molecule is Cc1ccc(-c2csc(NC(=O)COC(=O)c3cc[n+]([O-])cc3)n2)cc1. The molecule has 26 heavy (non-hydrogen) atoms. The number of amides is 1. The Balaban J connectivity index is 1.54. The Morgan fingerprint density at radius 1 is 1.19 bits per heavy atom. The first-order valence-electron chi connectivity index (χ1n) is 7.69. The third kappa shape index (κ3) is 4.42. The van der Waals surface area contributed by atoms with Crippen LogP contribution in [-0.4, -0.2) is 23.5 Å². The number of carbonyl (C=O) groups is 2. The van der Waals surface area contributed by atoms with E-state index < -0.39 is 18.5 Å². The first-order valence-corrected chi connectivity index (χ1v) is 8.57. The number of anilines is 1. The molecular formula is C18H15N3O4S. The summed E-state index contributed by atoms with van der Waals surface area (Å²) < 4.78 is 5.47. The average Bonchev–Trinajstić information content (AvgIpc) is 3.09. The van der Waals surface area contributed by atoms with E-state index in [-0.39, 0.29) is 5.56 Å². The molecule has 0 spiro atoms. The van der Waals surface area contributed by atoms with E-state index in [1.54, 1.807) is 0 Å². The predicted molar refractivity (Wildman–Crippen MR) is 96.6 cm³/mol. The summed E-state index contributed by atoms with van der Waals surface area (Å²) in [6.07, 6.45) is 2.36. The van der Waals surface area contributed by atoms with Crippen molar-refractivity contribution in [2.24, 2.45) is 0 Å². The van der Waals surface area contributed by atoms with E-state index in [4.69, 9.17) is 4.74 Å². The lowest BCUT2D eigenvalue weighted by molar-refractivity contribution is -0.605. The van der Waals surface area contributed by atoms with Crippen molar-refractivity contribution in [2.45, 2.75) is 6.92 Å². The van der Waals surface area contributed by atoms with Crippen LogP contribution in [0.2, 0.25) is 0 Å². The molecule has 0 saturated carbocycles. The predicted octanol–water partition coefficient (Wildman–Crippen LogP) is 2.55. The molecule has 0 aliphatic heterocycles. The molecule has 0 bridgehead atoms. The number of thiazole rings is 1. The van der Waals surface area contributed by atoms with Gasteiger partial charge < -0.3 is 9.94 Å². The molecule has 0 saturated heterocycles. The molecule has 0 atom stereocenters. The minimum atomic E-state index is -0.680. The van der Waals surface area contributed by atoms with Crippen LogP contribution in [-0.2, 0) is 9.53 Å². The highest BCUT2D eigenvalue weighted by atomic mass is 32.1. The lowest BCUT2D eigenvalue weighted by Gasteiger charge is -2.04. The lowest BCUT2D eigenvalue weighted by atomic mass is 10.1. The number of carbonyl (C=O) groups excluding carboxylic acids is 2. The Bertz CT molecular complexity index is 920. The van der Waals surface area contributed by atoms with Crippen molar-refractivity contribution in [2.75, 3.05) is 11.9 Å². The molecule has 7 nitrogen and oxygen atoms in total. The second kappa shape index (κ2) is 7.75. The first-order chi connectivity index (χ1) is 12.5. The van der Waals surface area contributed by atoms with Gasteiger partial charge in [-0.15, -0.1) is 11.3 Å². The maximum absolute atomic E-state index is 11.9. The summed E-state index contributed by atoms with van der Waals surface area (Å²) in [5.41, 5.74) is 3.07. The number of ether oxygens (including phenoxy) is 1. The van der Waals surface area contributed by atoms with Crippen LogP contribution < -0.4 is 10.0 Å². The van der Waals surface area contributed by atoms with E-state index in [0.29, 0.717) is 9.86 Å². The van der Waals surface area contributed by atoms with Crippen LogP contribution in [0.3, 0.4) is 0 Å². The van der Waals surface area contributed by atoms with Crippen LogP contribution in [0.4, 0.5) is 5.13 Å². The summed E-state index contributed by atoms with van der Waals surface area (Å²) in [4.78, 5) is 28.1. The highest BCUT2D eigenvalue weighted by molar-refractivity contribution is 7.14. The van der Waals surface area contributed by atoms with Crippen molar-refractivity contribution in [3.63, 3.8) is 0 Å². The van der Waals surface area contributed by atoms with E-state index in [1.165, 1.54) is 35.9 Å². The number of rotatable bonds is 5. The van der Waals surface area contributed by atoms with Gasteiger partial charge in [0.25, 0.3) is 5.91 Å². The second-order valence-electron chi connectivity index (χ2n) is 5.47. The molecule has 2 heterocycles. The Morgan fingerprint density at radius 3 is 2.58 bits per heavy atom. The van der Waals surface area contributed by atoms with Gasteiger partial charge >= 0.3 is 5.97 Å². The van der Waals surface area contributed by atoms with E-state index >= 15 is 0 Å². The molecule has 1 aromatic carbocycles. The highest BCUT2D eigenvalue weighted by Crippen LogP contribution is 2.25. The van der Waals surface area contributed by atoms with Crippen molar-refractivity contribution in [3.8, 4) is 11.3 Å². The van der Waals surface area contributed by atoms with E-state index in [2.05, 4.69) is 10.3 Å². The fourth-order valence-corrected chi connectivity index (χ4v) is 2.84. The number of aryl methyl sites for hydroxylation is 1. The second-order valence-corrected chi connectivity index (χ2v) is 6.33. The topological polar surface area (TPSA) is 95.2 Å². The third-order valence-electron chi connectivity index (χ3n) is 3.47. The van der Waals surface area contributed by atoms with Crippen LogP contribution in [0.25, 0.3) is 11.3 Å². The van der Waals surface area contributed by atoms with Gasteiger partial charge in [-0.05, 0) is 6.92 Å². The number of pyridine rings is 1. The number of hydrogen-bond donors (Lipinski definition) is 1. The standard InChI is InChI=1S/C18H15N3O4S/c1-12-2-4-13(5-3-12)15-11-26-18(19-15)20-16(22)10-25-17(23)14-6-8-21(24)9-7-14/h2-9,11H,10H2,1H3,(H,19,20,22). The van der Waals surface area contributed by atoms with Crippen molar-refractivity contribution in [1.29, 1.82) is 0 Å². The Morgan fingerprint density at radius 2 is 1.88 bits per heavy atom. The van der Waals surface area contributed by atoms with Crippen molar-refractivity contribution in [3.05, 3.63) is 70.5 Å². The summed E-state index contributed by atoms with van der Waals surface area (Å²) in [6.45, 7) is 1.57. The molecule has 132 valence electrons. The molecule has 3 rings (SSSR count). The van der Waals surface area contributed by atoms with Gasteiger partial charge in [-0.1, -0.05) is 29.8 Å². The Kier molecular flexibility index (Phi) is 5.23. The Hall–Kier alpha value is -3.26. The number of hydrogen-bond acceptors (Lipinski definition) is 6. The van der Waals surface area contributed by atoms with E-state index in [1.807, 2.05) is 36.6 Å². The van der Waals surface area contributed by atoms with Crippen LogP contribution in [0, 0.1) is 12.1 Å². The maximum atomic E-state index is 11.9. The minimum absolute atomic E-state index is 0.195. The van der Waals surface area contributed by atoms with E-state index in [0.717, 1.165) is 16.8 Å². The van der Waals surface area contributed by atoms with Crippen molar-refractivity contribution < 1.29 is 19.1 Å². The number of benzene rings is 1. The molecular weight excluding hydrogens is 354 g/mol. The molecule has 3 aromatic rings. The maximum Gasteiger partial charge on any atom is 0.339 e. The van der Waals surface area contributed by atoms with Crippen LogP contribution in [0.1, 0.15) is 15.9 Å². The zero-order chi connectivity index (χ0) is 18.5. The number of aromatic nitrogens is 2. The van der Waals surface area contributed by atoms with Crippen LogP contribution >= 0.6 is 11.3 Å². The summed E-state index contributed by atoms with van der Waals surface area (Å²) in [6, 6.07) is 10.5. The normalized spacial score (nSPS) is 10.3. The molecule has 0 unspecified atom stereocenters. The largest absolute Gasteiger partial charge is 0.619 e. The minimum Gasteiger partial charge on any atom is -0.619 e. The van der Waals surface area contributed by atoms with Crippen molar-refractivity contribution in [1.82, 2.24) is 4.98 Å². The van der Waals surface area contributed by atoms with Gasteiger partial charge in [0.15, 0.2) is 24.1 Å². The smallest absolute Gasteiger partial charge is 0.339 e. The number of nitrogens with one attached hydrogen (secondary N) is 1. The monoisotopic (exact) mass is 369 g/mol. The molecule has 1 N–H and O–H groups in total. The lowest BCUT2D eigenvalue weighted by Crippen LogP contribution is -2.25. The molecule has 0 fully saturated rings. The van der Waals surface area contributed by atoms with Crippen LogP contribution in [0.5, 0.6) is 0 Å². The first kappa shape index (κ1) is 17.6. The summed E-state index contributed by atoms with van der Waals surface area (Å²) in [7, 11) is 0. The third-order valence-corrected chi connectivity index (χ3v) is 4.23. The van der Waals surface area contributed by atoms with Crippen molar-refractivity contribution >= 4 is 28.3 Å². The summed E-state index contributed by atoms with van der Waals surface area (Å²) >= 11 is 1.29. The molecule has 0 aliphatic carbocycles. The summed E-state index contributed by atoms with van der Waals surface area (Å²) in [5.74, 6) is -1.17. The summed E-state index contributed by atoms with van der Waals surface area (Å²) in [5, 5.41) is 15.8. The van der Waals surface area contributed by atoms with Gasteiger partial charge in [0.05, 0.1) is 11.3 Å². The Labute approximate surface area is 153 Å².